The fraction of sp³-hybridized carbons (Fsp3) is 0.474. The van der Waals surface area contributed by atoms with E-state index in [9.17, 15) is 14.4 Å². The minimum absolute atomic E-state index is 0.143. The number of hydrogen-bond acceptors (Lipinski definition) is 5. The van der Waals surface area contributed by atoms with E-state index in [0.717, 1.165) is 10.5 Å². The topological polar surface area (TPSA) is 97.3 Å². The highest BCUT2D eigenvalue weighted by atomic mass is 16.5. The van der Waals surface area contributed by atoms with Crippen LogP contribution in [0.3, 0.4) is 0 Å². The fourth-order valence-corrected chi connectivity index (χ4v) is 2.89. The first-order valence-corrected chi connectivity index (χ1v) is 8.71. The summed E-state index contributed by atoms with van der Waals surface area (Å²) in [5, 5.41) is 2.84. The predicted molar refractivity (Wildman–Crippen MR) is 100 cm³/mol. The molecule has 146 valence electrons. The number of imide groups is 1. The molecule has 1 aromatic rings. The third-order valence-electron chi connectivity index (χ3n) is 4.54. The predicted octanol–water partition coefficient (Wildman–Crippen LogP) is 1.81. The van der Waals surface area contributed by atoms with Gasteiger partial charge >= 0.3 is 6.03 Å². The van der Waals surface area contributed by atoms with Gasteiger partial charge < -0.3 is 14.8 Å². The number of amides is 4. The molecule has 27 heavy (non-hydrogen) atoms. The lowest BCUT2D eigenvalue weighted by molar-refractivity contribution is -0.130. The van der Waals surface area contributed by atoms with Crippen LogP contribution in [0.25, 0.3) is 0 Å². The number of nitrogens with zero attached hydrogens (tertiary/aromatic N) is 2. The van der Waals surface area contributed by atoms with Crippen molar-refractivity contribution < 1.29 is 23.9 Å². The molecule has 0 aliphatic carbocycles. The van der Waals surface area contributed by atoms with Crippen molar-refractivity contribution in [1.29, 1.82) is 0 Å². The van der Waals surface area contributed by atoms with Gasteiger partial charge in [0, 0.05) is 25.7 Å². The van der Waals surface area contributed by atoms with E-state index in [2.05, 4.69) is 10.3 Å². The average Bonchev–Trinajstić information content (AvgIpc) is 2.66. The van der Waals surface area contributed by atoms with Crippen LogP contribution in [0.4, 0.5) is 4.79 Å². The number of carbonyl (C=O) groups is 3. The maximum atomic E-state index is 12.1. The van der Waals surface area contributed by atoms with Crippen LogP contribution in [0, 0.1) is 5.92 Å². The molecule has 1 atom stereocenters. The number of carbonyl (C=O) groups excluding carboxylic acids is 3. The van der Waals surface area contributed by atoms with Gasteiger partial charge in [-0.25, -0.2) is 9.79 Å². The fourth-order valence-electron chi connectivity index (χ4n) is 2.89. The first kappa shape index (κ1) is 20.4. The molecule has 2 rings (SSSR count). The second kappa shape index (κ2) is 9.16. The van der Waals surface area contributed by atoms with Crippen molar-refractivity contribution >= 4 is 23.6 Å². The Hall–Kier alpha value is -2.90. The molecular formula is C19H25N3O5. The Bertz CT molecular complexity index is 760. The molecule has 8 nitrogen and oxygen atoms in total. The summed E-state index contributed by atoms with van der Waals surface area (Å²) in [6, 6.07) is 5.05. The van der Waals surface area contributed by atoms with Gasteiger partial charge in [0.25, 0.3) is 0 Å². The number of rotatable bonds is 8. The van der Waals surface area contributed by atoms with Crippen molar-refractivity contribution in [3.05, 3.63) is 23.8 Å². The Morgan fingerprint density at radius 3 is 2.59 bits per heavy atom. The second-order valence-electron chi connectivity index (χ2n) is 6.31. The lowest BCUT2D eigenvalue weighted by Gasteiger charge is -2.25. The summed E-state index contributed by atoms with van der Waals surface area (Å²) < 4.78 is 10.5. The molecule has 1 aliphatic heterocycles. The third-order valence-corrected chi connectivity index (χ3v) is 4.54. The van der Waals surface area contributed by atoms with Gasteiger partial charge in [-0.2, -0.15) is 0 Å². The highest BCUT2D eigenvalue weighted by Gasteiger charge is 2.33. The van der Waals surface area contributed by atoms with E-state index < -0.39 is 11.9 Å². The Morgan fingerprint density at radius 2 is 1.93 bits per heavy atom. The normalized spacial score (nSPS) is 16.8. The molecule has 0 bridgehead atoms. The van der Waals surface area contributed by atoms with E-state index in [-0.39, 0.29) is 18.2 Å². The van der Waals surface area contributed by atoms with Gasteiger partial charge in [-0.15, -0.1) is 0 Å². The molecular weight excluding hydrogens is 350 g/mol. The van der Waals surface area contributed by atoms with Gasteiger partial charge in [-0.05, 0) is 37.5 Å². The highest BCUT2D eigenvalue weighted by Crippen LogP contribution is 2.27. The number of benzene rings is 1. The zero-order valence-corrected chi connectivity index (χ0v) is 16.1. The largest absolute Gasteiger partial charge is 0.493 e. The monoisotopic (exact) mass is 375 g/mol. The van der Waals surface area contributed by atoms with Gasteiger partial charge in [0.1, 0.15) is 0 Å². The van der Waals surface area contributed by atoms with Crippen LogP contribution in [0.5, 0.6) is 11.5 Å². The third kappa shape index (κ3) is 5.06. The zero-order chi connectivity index (χ0) is 20.0. The first-order chi connectivity index (χ1) is 12.9. The van der Waals surface area contributed by atoms with Crippen LogP contribution < -0.4 is 14.8 Å². The molecule has 1 aliphatic rings. The van der Waals surface area contributed by atoms with E-state index in [4.69, 9.17) is 9.47 Å². The van der Waals surface area contributed by atoms with Crippen molar-refractivity contribution in [2.75, 3.05) is 27.8 Å². The maximum Gasteiger partial charge on any atom is 0.349 e. The summed E-state index contributed by atoms with van der Waals surface area (Å²) in [5.74, 6) is 0.319. The van der Waals surface area contributed by atoms with Gasteiger partial charge in [-0.1, -0.05) is 6.07 Å². The smallest absolute Gasteiger partial charge is 0.349 e. The average molecular weight is 375 g/mol. The molecule has 1 N–H and O–H groups in total. The molecule has 0 fully saturated rings. The van der Waals surface area contributed by atoms with Gasteiger partial charge in [0.15, 0.2) is 11.5 Å². The van der Waals surface area contributed by atoms with E-state index in [0.29, 0.717) is 36.6 Å². The quantitative estimate of drug-likeness (QED) is 0.747. The Balaban J connectivity index is 1.81. The van der Waals surface area contributed by atoms with Crippen LogP contribution in [0.2, 0.25) is 0 Å². The molecule has 1 heterocycles. The SMILES string of the molecule is COc1ccc(CCNC(=O)CCC2C(=O)N(C)C(=O)N=C2C)cc1OC. The van der Waals surface area contributed by atoms with Crippen molar-refractivity contribution in [2.24, 2.45) is 10.9 Å². The van der Waals surface area contributed by atoms with E-state index in [1.54, 1.807) is 21.1 Å². The van der Waals surface area contributed by atoms with Crippen molar-refractivity contribution in [1.82, 2.24) is 10.2 Å². The Morgan fingerprint density at radius 1 is 1.22 bits per heavy atom. The minimum atomic E-state index is -0.562. The van der Waals surface area contributed by atoms with Crippen LogP contribution in [0.15, 0.2) is 23.2 Å². The van der Waals surface area contributed by atoms with Crippen molar-refractivity contribution in [3.63, 3.8) is 0 Å². The van der Waals surface area contributed by atoms with Gasteiger partial charge in [-0.3, -0.25) is 14.5 Å². The number of urea groups is 1. The lowest BCUT2D eigenvalue weighted by Crippen LogP contribution is -2.44. The Kier molecular flexibility index (Phi) is 6.92. The van der Waals surface area contributed by atoms with E-state index in [1.165, 1.54) is 7.05 Å². The summed E-state index contributed by atoms with van der Waals surface area (Å²) in [7, 11) is 4.55. The maximum absolute atomic E-state index is 12.1. The van der Waals surface area contributed by atoms with Crippen LogP contribution in [-0.2, 0) is 16.0 Å². The number of ether oxygens (including phenoxy) is 2. The molecule has 1 aromatic carbocycles. The molecule has 1 unspecified atom stereocenters. The molecule has 0 radical (unpaired) electrons. The van der Waals surface area contributed by atoms with Crippen molar-refractivity contribution in [2.45, 2.75) is 26.2 Å². The van der Waals surface area contributed by atoms with Gasteiger partial charge in [0.05, 0.1) is 20.1 Å². The molecule has 8 heteroatoms. The molecule has 0 saturated carbocycles. The summed E-state index contributed by atoms with van der Waals surface area (Å²) in [6.45, 7) is 2.11. The molecule has 0 saturated heterocycles. The van der Waals surface area contributed by atoms with Crippen LogP contribution in [-0.4, -0.2) is 56.3 Å². The molecule has 0 spiro atoms. The Labute approximate surface area is 158 Å². The highest BCUT2D eigenvalue weighted by molar-refractivity contribution is 6.15. The number of methoxy groups -OCH3 is 2. The van der Waals surface area contributed by atoms with E-state index in [1.807, 2.05) is 18.2 Å². The number of hydrogen-bond donors (Lipinski definition) is 1. The zero-order valence-electron chi connectivity index (χ0n) is 16.1. The van der Waals surface area contributed by atoms with E-state index >= 15 is 0 Å². The summed E-state index contributed by atoms with van der Waals surface area (Å²) >= 11 is 0. The minimum Gasteiger partial charge on any atom is -0.493 e. The number of nitrogens with one attached hydrogen (secondary N) is 1. The summed E-state index contributed by atoms with van der Waals surface area (Å²) in [4.78, 5) is 40.5. The first-order valence-electron chi connectivity index (χ1n) is 8.71. The molecule has 4 amide bonds. The van der Waals surface area contributed by atoms with Crippen LogP contribution >= 0.6 is 0 Å². The second-order valence-corrected chi connectivity index (χ2v) is 6.31. The molecule has 0 aromatic heterocycles. The van der Waals surface area contributed by atoms with Crippen molar-refractivity contribution in [3.8, 4) is 11.5 Å². The van der Waals surface area contributed by atoms with Crippen LogP contribution in [0.1, 0.15) is 25.3 Å². The van der Waals surface area contributed by atoms with Gasteiger partial charge in [0.2, 0.25) is 11.8 Å². The summed E-state index contributed by atoms with van der Waals surface area (Å²) in [6.07, 6.45) is 1.16. The summed E-state index contributed by atoms with van der Waals surface area (Å²) in [5.41, 5.74) is 1.47. The standard InChI is InChI=1S/C19H25N3O5/c1-12-14(18(24)22(2)19(25)21-12)6-8-17(23)20-10-9-13-5-7-15(26-3)16(11-13)27-4/h5,7,11,14H,6,8-10H2,1-4H3,(H,20,23). The number of aliphatic imine (C=N–C) groups is 1. The lowest BCUT2D eigenvalue weighted by atomic mass is 9.95.